The molecule has 7 nitrogen and oxygen atoms in total. The number of carbonyl (C=O) groups is 2. The molecule has 0 saturated heterocycles. The molecular formula is C30H29N3O4. The van der Waals surface area contributed by atoms with Crippen LogP contribution in [0.15, 0.2) is 96.6 Å². The van der Waals surface area contributed by atoms with Gasteiger partial charge in [0.05, 0.1) is 5.57 Å². The van der Waals surface area contributed by atoms with Gasteiger partial charge in [0.25, 0.3) is 11.8 Å². The van der Waals surface area contributed by atoms with Crippen molar-refractivity contribution in [3.8, 4) is 5.75 Å². The van der Waals surface area contributed by atoms with Gasteiger partial charge in [0, 0.05) is 37.3 Å². The van der Waals surface area contributed by atoms with Gasteiger partial charge in [-0.05, 0) is 52.9 Å². The Morgan fingerprint density at radius 3 is 2.30 bits per heavy atom. The maximum Gasteiger partial charge on any atom is 0.274 e. The van der Waals surface area contributed by atoms with Gasteiger partial charge in [0.2, 0.25) is 0 Å². The van der Waals surface area contributed by atoms with Crippen LogP contribution in [0.1, 0.15) is 21.5 Å². The molecule has 4 rings (SSSR count). The Balaban J connectivity index is 1.54. The van der Waals surface area contributed by atoms with Crippen molar-refractivity contribution in [2.24, 2.45) is 0 Å². The Morgan fingerprint density at radius 1 is 0.892 bits per heavy atom. The largest absolute Gasteiger partial charge is 0.488 e. The minimum atomic E-state index is -0.604. The quantitative estimate of drug-likeness (QED) is 0.176. The summed E-state index contributed by atoms with van der Waals surface area (Å²) in [5, 5.41) is 13.8. The molecule has 4 aromatic carbocycles. The molecule has 0 saturated carbocycles. The number of nitrogens with zero attached hydrogens (tertiary/aromatic N) is 1. The van der Waals surface area contributed by atoms with E-state index in [1.165, 1.54) is 0 Å². The predicted octanol–water partition coefficient (Wildman–Crippen LogP) is 4.80. The number of benzene rings is 4. The highest BCUT2D eigenvalue weighted by Crippen LogP contribution is 2.26. The standard InChI is InChI=1S/C30H29N3O4/c1-33(2)26-16-12-22(13-17-26)19-31-29(34)25(18-21-10-14-24(15-11-21)30(35)32-36)20-37-28-9-5-7-23-6-3-4-8-27(23)28/h3-18,36H,19-20H2,1-2H3,(H,31,34)(H,32,35)/b25-18+. The molecule has 0 bridgehead atoms. The van der Waals surface area contributed by atoms with Crippen LogP contribution in [0.5, 0.6) is 5.75 Å². The summed E-state index contributed by atoms with van der Waals surface area (Å²) in [6.45, 7) is 0.423. The zero-order valence-electron chi connectivity index (χ0n) is 20.8. The normalized spacial score (nSPS) is 11.2. The lowest BCUT2D eigenvalue weighted by Gasteiger charge is -2.14. The highest BCUT2D eigenvalue weighted by Gasteiger charge is 2.13. The van der Waals surface area contributed by atoms with E-state index in [0.29, 0.717) is 23.4 Å². The summed E-state index contributed by atoms with van der Waals surface area (Å²) in [7, 11) is 3.96. The number of amides is 2. The van der Waals surface area contributed by atoms with E-state index in [9.17, 15) is 9.59 Å². The molecule has 0 radical (unpaired) electrons. The molecule has 37 heavy (non-hydrogen) atoms. The van der Waals surface area contributed by atoms with E-state index in [0.717, 1.165) is 27.6 Å². The molecule has 0 fully saturated rings. The van der Waals surface area contributed by atoms with E-state index >= 15 is 0 Å². The first-order chi connectivity index (χ1) is 17.9. The molecule has 4 aromatic rings. The lowest BCUT2D eigenvalue weighted by molar-refractivity contribution is -0.117. The average molecular weight is 496 g/mol. The van der Waals surface area contributed by atoms with Gasteiger partial charge in [-0.15, -0.1) is 0 Å². The van der Waals surface area contributed by atoms with E-state index < -0.39 is 5.91 Å². The third-order valence-corrected chi connectivity index (χ3v) is 5.95. The van der Waals surface area contributed by atoms with Gasteiger partial charge in [-0.25, -0.2) is 5.48 Å². The molecule has 0 aliphatic rings. The van der Waals surface area contributed by atoms with E-state index in [1.807, 2.05) is 85.7 Å². The Labute approximate surface area is 216 Å². The van der Waals surface area contributed by atoms with E-state index in [2.05, 4.69) is 5.32 Å². The molecule has 0 aromatic heterocycles. The fourth-order valence-corrected chi connectivity index (χ4v) is 3.85. The topological polar surface area (TPSA) is 90.9 Å². The molecule has 0 aliphatic heterocycles. The number of hydrogen-bond acceptors (Lipinski definition) is 5. The zero-order valence-corrected chi connectivity index (χ0v) is 20.8. The molecule has 0 heterocycles. The Kier molecular flexibility index (Phi) is 8.18. The Morgan fingerprint density at radius 2 is 1.59 bits per heavy atom. The van der Waals surface area contributed by atoms with Crippen LogP contribution >= 0.6 is 0 Å². The van der Waals surface area contributed by atoms with Crippen molar-refractivity contribution in [2.75, 3.05) is 25.6 Å². The maximum atomic E-state index is 13.2. The van der Waals surface area contributed by atoms with Gasteiger partial charge in [-0.1, -0.05) is 60.7 Å². The number of rotatable bonds is 9. The zero-order chi connectivity index (χ0) is 26.2. The smallest absolute Gasteiger partial charge is 0.274 e. The van der Waals surface area contributed by atoms with Crippen molar-refractivity contribution in [2.45, 2.75) is 6.54 Å². The van der Waals surface area contributed by atoms with Crippen LogP contribution in [0.25, 0.3) is 16.8 Å². The van der Waals surface area contributed by atoms with Crippen LogP contribution in [0.4, 0.5) is 5.69 Å². The van der Waals surface area contributed by atoms with Crippen molar-refractivity contribution in [3.05, 3.63) is 113 Å². The summed E-state index contributed by atoms with van der Waals surface area (Å²) in [6, 6.07) is 28.3. The monoisotopic (exact) mass is 495 g/mol. The number of anilines is 1. The van der Waals surface area contributed by atoms with Crippen LogP contribution in [0.3, 0.4) is 0 Å². The fraction of sp³-hybridized carbons (Fsp3) is 0.133. The molecule has 0 aliphatic carbocycles. The van der Waals surface area contributed by atoms with E-state index in [1.54, 1.807) is 35.8 Å². The van der Waals surface area contributed by atoms with Gasteiger partial charge in [0.1, 0.15) is 12.4 Å². The number of ether oxygens (including phenoxy) is 1. The third-order valence-electron chi connectivity index (χ3n) is 5.95. The highest BCUT2D eigenvalue weighted by atomic mass is 16.5. The Bertz CT molecular complexity index is 1410. The molecule has 3 N–H and O–H groups in total. The number of fused-ring (bicyclic) bond motifs is 1. The second kappa shape index (κ2) is 11.9. The van der Waals surface area contributed by atoms with Crippen molar-refractivity contribution < 1.29 is 19.5 Å². The van der Waals surface area contributed by atoms with Gasteiger partial charge in [0.15, 0.2) is 0 Å². The number of nitrogens with one attached hydrogen (secondary N) is 2. The second-order valence-electron chi connectivity index (χ2n) is 8.74. The van der Waals surface area contributed by atoms with Gasteiger partial charge in [-0.3, -0.25) is 14.8 Å². The second-order valence-corrected chi connectivity index (χ2v) is 8.74. The highest BCUT2D eigenvalue weighted by molar-refractivity contribution is 5.98. The van der Waals surface area contributed by atoms with Crippen molar-refractivity contribution in [1.82, 2.24) is 10.8 Å². The number of carbonyl (C=O) groups excluding carboxylic acids is 2. The van der Waals surface area contributed by atoms with Crippen LogP contribution in [0.2, 0.25) is 0 Å². The van der Waals surface area contributed by atoms with Crippen molar-refractivity contribution >= 4 is 34.4 Å². The van der Waals surface area contributed by atoms with E-state index in [4.69, 9.17) is 9.94 Å². The summed E-state index contributed by atoms with van der Waals surface area (Å²) in [4.78, 5) is 26.9. The van der Waals surface area contributed by atoms with Gasteiger partial charge in [-0.2, -0.15) is 0 Å². The fourth-order valence-electron chi connectivity index (χ4n) is 3.85. The molecule has 2 amide bonds. The van der Waals surface area contributed by atoms with Crippen LogP contribution in [-0.4, -0.2) is 37.7 Å². The number of hydrogen-bond donors (Lipinski definition) is 3. The molecule has 188 valence electrons. The summed E-state index contributed by atoms with van der Waals surface area (Å²) in [6.07, 6.45) is 1.73. The summed E-state index contributed by atoms with van der Waals surface area (Å²) in [5.41, 5.74) is 5.13. The average Bonchev–Trinajstić information content (AvgIpc) is 2.94. The molecule has 7 heteroatoms. The van der Waals surface area contributed by atoms with Crippen molar-refractivity contribution in [3.63, 3.8) is 0 Å². The minimum absolute atomic E-state index is 0.0539. The summed E-state index contributed by atoms with van der Waals surface area (Å²) in [5.74, 6) is -0.173. The molecule has 0 spiro atoms. The van der Waals surface area contributed by atoms with Crippen molar-refractivity contribution in [1.29, 1.82) is 0 Å². The van der Waals surface area contributed by atoms with Gasteiger partial charge >= 0.3 is 0 Å². The molecular weight excluding hydrogens is 466 g/mol. The van der Waals surface area contributed by atoms with Crippen LogP contribution in [-0.2, 0) is 11.3 Å². The van der Waals surface area contributed by atoms with Crippen LogP contribution in [0, 0.1) is 0 Å². The van der Waals surface area contributed by atoms with Gasteiger partial charge < -0.3 is 15.0 Å². The lowest BCUT2D eigenvalue weighted by atomic mass is 10.1. The number of hydroxylamine groups is 1. The lowest BCUT2D eigenvalue weighted by Crippen LogP contribution is -2.27. The molecule has 0 atom stereocenters. The first-order valence-electron chi connectivity index (χ1n) is 11.8. The third kappa shape index (κ3) is 6.54. The molecule has 0 unspecified atom stereocenters. The predicted molar refractivity (Wildman–Crippen MR) is 146 cm³/mol. The first kappa shape index (κ1) is 25.5. The maximum absolute atomic E-state index is 13.2. The van der Waals surface area contributed by atoms with E-state index in [-0.39, 0.29) is 12.5 Å². The first-order valence-corrected chi connectivity index (χ1v) is 11.8. The Hall–Kier alpha value is -4.62. The summed E-state index contributed by atoms with van der Waals surface area (Å²) < 4.78 is 6.12. The summed E-state index contributed by atoms with van der Waals surface area (Å²) >= 11 is 0. The minimum Gasteiger partial charge on any atom is -0.488 e. The van der Waals surface area contributed by atoms with Crippen LogP contribution < -0.4 is 20.4 Å². The SMILES string of the molecule is CN(C)c1ccc(CNC(=O)/C(=C/c2ccc(C(=O)NO)cc2)COc2cccc3ccccc23)cc1.